The molecule has 0 aromatic rings. The number of unbranched alkanes of at least 4 members (excludes halogenated alkanes) is 15. The van der Waals surface area contributed by atoms with Gasteiger partial charge in [-0.05, 0) is 18.6 Å². The molecule has 0 saturated carbocycles. The lowest BCUT2D eigenvalue weighted by molar-refractivity contribution is -0.873. The molecule has 31 heavy (non-hydrogen) atoms. The maximum Gasteiger partial charge on any atom is 0.115 e. The molecule has 0 heterocycles. The molecule has 4 heteroatoms. The fourth-order valence-electron chi connectivity index (χ4n) is 3.98. The van der Waals surface area contributed by atoms with Gasteiger partial charge in [-0.25, -0.2) is 0 Å². The molecule has 0 radical (unpaired) electrons. The van der Waals surface area contributed by atoms with Gasteiger partial charge in [0.1, 0.15) is 12.6 Å². The van der Waals surface area contributed by atoms with Crippen molar-refractivity contribution in [2.45, 2.75) is 129 Å². The molecule has 0 fully saturated rings. The zero-order valence-corrected chi connectivity index (χ0v) is 24.5. The Balaban J connectivity index is 0. The molecule has 0 aromatic carbocycles. The lowest BCUT2D eigenvalue weighted by Gasteiger charge is -2.29. The first-order valence-corrected chi connectivity index (χ1v) is 14.6. The Kier molecular flexibility index (Phi) is 27.8. The van der Waals surface area contributed by atoms with Gasteiger partial charge in [-0.15, -0.1) is 0 Å². The van der Waals surface area contributed by atoms with Crippen LogP contribution in [-0.4, -0.2) is 56.4 Å². The fourth-order valence-corrected chi connectivity index (χ4v) is 5.02. The molecule has 0 amide bonds. The van der Waals surface area contributed by atoms with E-state index in [4.69, 9.17) is 4.74 Å². The Hall–Kier alpha value is 0.750. The highest BCUT2D eigenvalue weighted by Gasteiger charge is 2.18. The maximum absolute atomic E-state index is 6.21. The van der Waals surface area contributed by atoms with Gasteiger partial charge in [-0.3, -0.25) is 0 Å². The van der Waals surface area contributed by atoms with E-state index in [-0.39, 0.29) is 17.0 Å². The number of likely N-dealkylation sites (N-methyl/N-ethyl adjacent to an activating group) is 1. The van der Waals surface area contributed by atoms with Crippen LogP contribution in [0.3, 0.4) is 0 Å². The summed E-state index contributed by atoms with van der Waals surface area (Å²) >= 11 is 2.12. The molecular formula is C27H58BrNOS. The number of hydrogen-bond acceptors (Lipinski definition) is 2. The van der Waals surface area contributed by atoms with E-state index in [0.29, 0.717) is 6.10 Å². The van der Waals surface area contributed by atoms with Crippen LogP contribution in [0.1, 0.15) is 123 Å². The summed E-state index contributed by atoms with van der Waals surface area (Å²) in [6, 6.07) is 0. The summed E-state index contributed by atoms with van der Waals surface area (Å²) in [6.45, 7) is 6.62. The second-order valence-corrected chi connectivity index (χ2v) is 11.5. The maximum atomic E-state index is 6.21. The van der Waals surface area contributed by atoms with Gasteiger partial charge in [0.2, 0.25) is 0 Å². The minimum Gasteiger partial charge on any atom is -1.00 e. The topological polar surface area (TPSA) is 9.23 Å². The molecule has 2 nitrogen and oxygen atoms in total. The largest absolute Gasteiger partial charge is 1.00 e. The second kappa shape index (κ2) is 25.4. The van der Waals surface area contributed by atoms with E-state index < -0.39 is 0 Å². The zero-order chi connectivity index (χ0) is 22.3. The van der Waals surface area contributed by atoms with Crippen LogP contribution in [0.25, 0.3) is 0 Å². The van der Waals surface area contributed by atoms with Gasteiger partial charge in [0.25, 0.3) is 0 Å². The van der Waals surface area contributed by atoms with Crippen molar-refractivity contribution in [1.29, 1.82) is 0 Å². The molecular weight excluding hydrogens is 466 g/mol. The first-order chi connectivity index (χ1) is 14.5. The van der Waals surface area contributed by atoms with Crippen LogP contribution in [-0.2, 0) is 4.74 Å². The van der Waals surface area contributed by atoms with Crippen molar-refractivity contribution in [3.8, 4) is 0 Å². The average molecular weight is 525 g/mol. The Labute approximate surface area is 212 Å². The van der Waals surface area contributed by atoms with Crippen LogP contribution in [0.4, 0.5) is 0 Å². The van der Waals surface area contributed by atoms with Gasteiger partial charge in [0.05, 0.1) is 21.1 Å². The van der Waals surface area contributed by atoms with Crippen LogP contribution >= 0.6 is 11.8 Å². The minimum atomic E-state index is 0. The van der Waals surface area contributed by atoms with Crippen molar-refractivity contribution in [3.05, 3.63) is 0 Å². The van der Waals surface area contributed by atoms with E-state index in [1.54, 1.807) is 0 Å². The average Bonchev–Trinajstić information content (AvgIpc) is 2.69. The van der Waals surface area contributed by atoms with E-state index in [2.05, 4.69) is 46.8 Å². The molecule has 190 valence electrons. The van der Waals surface area contributed by atoms with Gasteiger partial charge >= 0.3 is 0 Å². The molecule has 1 unspecified atom stereocenters. The summed E-state index contributed by atoms with van der Waals surface area (Å²) in [5.74, 6) is 2.48. The van der Waals surface area contributed by atoms with E-state index in [1.165, 1.54) is 121 Å². The molecule has 0 rings (SSSR count). The quantitative estimate of drug-likeness (QED) is 0.122. The molecule has 0 aliphatic rings. The molecule has 0 aromatic heterocycles. The van der Waals surface area contributed by atoms with Gasteiger partial charge in [0.15, 0.2) is 0 Å². The number of quaternary nitrogens is 1. The molecule has 1 atom stereocenters. The number of halogens is 1. The van der Waals surface area contributed by atoms with E-state index >= 15 is 0 Å². The van der Waals surface area contributed by atoms with Crippen molar-refractivity contribution < 1.29 is 26.2 Å². The van der Waals surface area contributed by atoms with Crippen molar-refractivity contribution >= 4 is 11.8 Å². The van der Waals surface area contributed by atoms with E-state index in [9.17, 15) is 0 Å². The van der Waals surface area contributed by atoms with Crippen molar-refractivity contribution in [3.63, 3.8) is 0 Å². The van der Waals surface area contributed by atoms with Crippen LogP contribution < -0.4 is 17.0 Å². The summed E-state index contributed by atoms with van der Waals surface area (Å²) < 4.78 is 7.21. The van der Waals surface area contributed by atoms with Crippen LogP contribution in [0.5, 0.6) is 0 Å². The SMILES string of the molecule is CCCCCCCCCCCCCCCCSCC(C[N+](C)(C)C)OCCCCC.[Br-]. The fraction of sp³-hybridized carbons (Fsp3) is 1.00. The molecule has 0 bridgehead atoms. The third-order valence-corrected chi connectivity index (χ3v) is 6.98. The van der Waals surface area contributed by atoms with Gasteiger partial charge in [-0.2, -0.15) is 11.8 Å². The highest BCUT2D eigenvalue weighted by Crippen LogP contribution is 2.15. The Morgan fingerprint density at radius 3 is 1.48 bits per heavy atom. The minimum absolute atomic E-state index is 0. The van der Waals surface area contributed by atoms with Gasteiger partial charge in [0, 0.05) is 12.4 Å². The monoisotopic (exact) mass is 523 g/mol. The van der Waals surface area contributed by atoms with Crippen LogP contribution in [0, 0.1) is 0 Å². The number of thioether (sulfide) groups is 1. The lowest BCUT2D eigenvalue weighted by Crippen LogP contribution is -3.00. The Morgan fingerprint density at radius 2 is 1.03 bits per heavy atom. The highest BCUT2D eigenvalue weighted by molar-refractivity contribution is 7.99. The summed E-state index contributed by atoms with van der Waals surface area (Å²) in [4.78, 5) is 0. The number of rotatable bonds is 24. The van der Waals surface area contributed by atoms with Crippen LogP contribution in [0.15, 0.2) is 0 Å². The third-order valence-electron chi connectivity index (χ3n) is 5.80. The number of nitrogens with zero attached hydrogens (tertiary/aromatic N) is 1. The van der Waals surface area contributed by atoms with Gasteiger partial charge < -0.3 is 26.2 Å². The van der Waals surface area contributed by atoms with E-state index in [1.807, 2.05) is 0 Å². The highest BCUT2D eigenvalue weighted by atomic mass is 79.9. The van der Waals surface area contributed by atoms with Gasteiger partial charge in [-0.1, -0.05) is 110 Å². The molecule has 0 N–H and O–H groups in total. The lowest BCUT2D eigenvalue weighted by atomic mass is 10.0. The standard InChI is InChI=1S/C27H58NOS.BrH/c1-6-8-10-11-12-13-14-15-16-17-18-19-20-22-24-30-26-27(25-28(3,4)5)29-23-21-9-7-2;/h27H,6-26H2,1-5H3;1H/q+1;/p-1. The summed E-state index contributed by atoms with van der Waals surface area (Å²) in [7, 11) is 6.84. The number of hydrogen-bond donors (Lipinski definition) is 0. The first-order valence-electron chi connectivity index (χ1n) is 13.5. The van der Waals surface area contributed by atoms with Crippen molar-refractivity contribution in [1.82, 2.24) is 0 Å². The molecule has 0 saturated heterocycles. The predicted octanol–water partition coefficient (Wildman–Crippen LogP) is 5.49. The predicted molar refractivity (Wildman–Crippen MR) is 140 cm³/mol. The third kappa shape index (κ3) is 28.7. The zero-order valence-electron chi connectivity index (χ0n) is 22.1. The Bertz CT molecular complexity index is 336. The first kappa shape index (κ1) is 33.9. The smallest absolute Gasteiger partial charge is 0.115 e. The molecule has 0 aliphatic carbocycles. The van der Waals surface area contributed by atoms with Crippen molar-refractivity contribution in [2.24, 2.45) is 0 Å². The molecule has 0 spiro atoms. The van der Waals surface area contributed by atoms with E-state index in [0.717, 1.165) is 17.6 Å². The second-order valence-electron chi connectivity index (χ2n) is 10.3. The molecule has 0 aliphatic heterocycles. The summed E-state index contributed by atoms with van der Waals surface area (Å²) in [5, 5.41) is 0. The normalized spacial score (nSPS) is 12.7. The summed E-state index contributed by atoms with van der Waals surface area (Å²) in [5.41, 5.74) is 0. The number of ether oxygens (including phenoxy) is 1. The van der Waals surface area contributed by atoms with Crippen molar-refractivity contribution in [2.75, 3.05) is 45.8 Å². The van der Waals surface area contributed by atoms with Crippen LogP contribution in [0.2, 0.25) is 0 Å². The summed E-state index contributed by atoms with van der Waals surface area (Å²) in [6.07, 6.45) is 24.4. The Morgan fingerprint density at radius 1 is 0.613 bits per heavy atom.